The predicted octanol–water partition coefficient (Wildman–Crippen LogP) is 16.0. The Balaban J connectivity index is 0.000000352. The lowest BCUT2D eigenvalue weighted by Crippen LogP contribution is -2.75. The number of anilines is 1. The Kier molecular flexibility index (Phi) is 17.8. The summed E-state index contributed by atoms with van der Waals surface area (Å²) in [6.07, 6.45) is -54.8. The monoisotopic (exact) mass is 1220 g/mol. The molecule has 0 aromatic heterocycles. The fraction of sp³-hybridized carbons (Fsp3) is 0.200. The largest absolute Gasteiger partial charge is 0.416 e. The SMILES string of the molecule is CN(C)c1ccc(C[S+](=O)(C#Cc2ccccc2)c2ccccc2)cc1.FC(F)(F)c1cc([B-](c2cc(C(F)(F)F)cc(C(F)(F)F)c2)(c2cc(C(F)(F)F)cc(C(F)(F)F)c2)c2cc(C(F)(F)F)cc(C(F)(F)F)c2)cc(C(F)(F)F)c1. The van der Waals surface area contributed by atoms with Crippen LogP contribution in [0.3, 0.4) is 0 Å². The number of hydrogen-bond acceptors (Lipinski definition) is 2. The van der Waals surface area contributed by atoms with E-state index in [2.05, 4.69) is 11.2 Å². The van der Waals surface area contributed by atoms with Crippen LogP contribution in [0, 0.1) is 11.2 Å². The number of halogens is 24. The van der Waals surface area contributed by atoms with Gasteiger partial charge in [0.2, 0.25) is 0 Å². The normalized spacial score (nSPS) is 13.8. The summed E-state index contributed by atoms with van der Waals surface area (Å²) in [6.45, 7) is 0. The van der Waals surface area contributed by atoms with E-state index in [0.29, 0.717) is 5.75 Å². The van der Waals surface area contributed by atoms with Crippen molar-refractivity contribution in [3.8, 4) is 11.2 Å². The van der Waals surface area contributed by atoms with E-state index >= 15 is 0 Å². The summed E-state index contributed by atoms with van der Waals surface area (Å²) in [5, 5.41) is 3.08. The molecule has 1 unspecified atom stereocenters. The third-order valence-corrected chi connectivity index (χ3v) is 14.7. The van der Waals surface area contributed by atoms with Crippen molar-refractivity contribution in [2.45, 2.75) is 60.1 Å². The van der Waals surface area contributed by atoms with Crippen molar-refractivity contribution in [3.63, 3.8) is 0 Å². The van der Waals surface area contributed by atoms with E-state index in [-0.39, 0.29) is 0 Å². The van der Waals surface area contributed by atoms with Crippen LogP contribution < -0.4 is 26.8 Å². The number of alkyl halides is 24. The molecule has 1 atom stereocenters. The Hall–Kier alpha value is -7.57. The second-order valence-corrected chi connectivity index (χ2v) is 20.8. The highest BCUT2D eigenvalue weighted by Crippen LogP contribution is 2.42. The summed E-state index contributed by atoms with van der Waals surface area (Å²) in [5.74, 6) is 3.51. The molecule has 83 heavy (non-hydrogen) atoms. The summed E-state index contributed by atoms with van der Waals surface area (Å²) in [7, 11) is 1.49. The highest BCUT2D eigenvalue weighted by Gasteiger charge is 2.47. The highest BCUT2D eigenvalue weighted by atomic mass is 32.2. The van der Waals surface area contributed by atoms with Gasteiger partial charge in [-0.3, -0.25) is 0 Å². The fourth-order valence-electron chi connectivity index (χ4n) is 8.68. The summed E-state index contributed by atoms with van der Waals surface area (Å²) >= 11 is 0. The van der Waals surface area contributed by atoms with Crippen molar-refractivity contribution in [1.82, 2.24) is 0 Å². The van der Waals surface area contributed by atoms with Crippen LogP contribution in [0.15, 0.2) is 163 Å². The molecule has 0 saturated carbocycles. The number of hydrogen-bond donors (Lipinski definition) is 0. The Labute approximate surface area is 455 Å². The van der Waals surface area contributed by atoms with Crippen LogP contribution in [-0.2, 0) is 69.3 Å². The molecule has 0 aliphatic rings. The first-order valence-electron chi connectivity index (χ1n) is 23.1. The van der Waals surface area contributed by atoms with Gasteiger partial charge in [0.25, 0.3) is 0 Å². The molecule has 442 valence electrons. The van der Waals surface area contributed by atoms with Crippen LogP contribution in [-0.4, -0.2) is 20.2 Å². The van der Waals surface area contributed by atoms with Gasteiger partial charge >= 0.3 is 49.4 Å². The van der Waals surface area contributed by atoms with Gasteiger partial charge in [0, 0.05) is 30.9 Å². The molecule has 0 aliphatic carbocycles. The first kappa shape index (κ1) is 64.6. The van der Waals surface area contributed by atoms with Gasteiger partial charge in [0.15, 0.2) is 25.8 Å². The average Bonchev–Trinajstić information content (AvgIpc) is 1.21. The molecule has 7 aromatic carbocycles. The topological polar surface area (TPSA) is 20.3 Å². The molecule has 0 aliphatic heterocycles. The maximum absolute atomic E-state index is 14.2. The molecule has 7 rings (SSSR count). The molecule has 0 amide bonds. The lowest BCUT2D eigenvalue weighted by atomic mass is 9.12. The number of rotatable bonds is 8. The Morgan fingerprint density at radius 2 is 0.614 bits per heavy atom. The lowest BCUT2D eigenvalue weighted by Gasteiger charge is -2.46. The van der Waals surface area contributed by atoms with E-state index < -0.39 is 205 Å². The number of benzene rings is 7. The van der Waals surface area contributed by atoms with Crippen LogP contribution in [0.1, 0.15) is 55.6 Å². The van der Waals surface area contributed by atoms with Gasteiger partial charge in [-0.1, -0.05) is 101 Å². The molecule has 0 bridgehead atoms. The molecule has 0 heterocycles. The third kappa shape index (κ3) is 15.4. The van der Waals surface area contributed by atoms with E-state index in [4.69, 9.17) is 0 Å². The molecule has 7 aromatic rings. The van der Waals surface area contributed by atoms with Crippen molar-refractivity contribution in [2.24, 2.45) is 0 Å². The summed E-state index contributed by atoms with van der Waals surface area (Å²) in [5.41, 5.74) is -27.2. The molecular formula is C55H34BF24NOS. The lowest BCUT2D eigenvalue weighted by molar-refractivity contribution is -0.144. The van der Waals surface area contributed by atoms with Gasteiger partial charge in [0.1, 0.15) is 6.15 Å². The molecular weight excluding hydrogens is 1190 g/mol. The molecule has 28 heteroatoms. The average molecular weight is 1220 g/mol. The van der Waals surface area contributed by atoms with E-state index in [9.17, 15) is 110 Å². The summed E-state index contributed by atoms with van der Waals surface area (Å²) < 4.78 is 355. The molecule has 0 saturated heterocycles. The Morgan fingerprint density at radius 3 is 0.855 bits per heavy atom. The summed E-state index contributed by atoms with van der Waals surface area (Å²) in [6, 6.07) is 18.6. The minimum absolute atomic E-state index is 0.407. The maximum Gasteiger partial charge on any atom is 0.416 e. The molecule has 0 radical (unpaired) electrons. The van der Waals surface area contributed by atoms with Crippen molar-refractivity contribution in [1.29, 1.82) is 0 Å². The van der Waals surface area contributed by atoms with Gasteiger partial charge in [0.05, 0.1) is 44.5 Å². The quantitative estimate of drug-likeness (QED) is 0.0654. The summed E-state index contributed by atoms with van der Waals surface area (Å²) in [4.78, 5) is 2.83. The van der Waals surface area contributed by atoms with Gasteiger partial charge in [-0.15, -0.1) is 0 Å². The highest BCUT2D eigenvalue weighted by molar-refractivity contribution is 8.06. The van der Waals surface area contributed by atoms with Crippen LogP contribution in [0.25, 0.3) is 0 Å². The van der Waals surface area contributed by atoms with Crippen LogP contribution in [0.2, 0.25) is 0 Å². The van der Waals surface area contributed by atoms with Gasteiger partial charge in [-0.05, 0) is 66.6 Å². The smallest absolute Gasteiger partial charge is 0.378 e. The van der Waals surface area contributed by atoms with E-state index in [1.807, 2.05) is 104 Å². The zero-order valence-electron chi connectivity index (χ0n) is 41.6. The van der Waals surface area contributed by atoms with E-state index in [1.165, 1.54) is 0 Å². The van der Waals surface area contributed by atoms with Crippen molar-refractivity contribution >= 4 is 43.6 Å². The fourth-order valence-corrected chi connectivity index (χ4v) is 10.6. The minimum atomic E-state index is -6.13. The van der Waals surface area contributed by atoms with Crippen LogP contribution in [0.5, 0.6) is 0 Å². The zero-order chi connectivity index (χ0) is 62.3. The molecule has 0 spiro atoms. The first-order valence-corrected chi connectivity index (χ1v) is 24.8. The van der Waals surface area contributed by atoms with Crippen LogP contribution >= 0.6 is 0 Å². The van der Waals surface area contributed by atoms with Crippen molar-refractivity contribution in [2.75, 3.05) is 19.0 Å². The first-order chi connectivity index (χ1) is 37.8. The third-order valence-electron chi connectivity index (χ3n) is 12.5. The second kappa shape index (κ2) is 22.9. The molecule has 2 nitrogen and oxygen atoms in total. The van der Waals surface area contributed by atoms with Crippen molar-refractivity contribution < 1.29 is 110 Å². The standard InChI is InChI=1S/C32H12BF24.C23H22NOS/c34-25(35,36)13-1-14(26(37,38)39)6-21(5-13)33(22-7-15(27(40,41)42)2-16(8-22)28(43,44)45,23-9-17(29(46,47)48)3-18(10-23)30(49,50)51)24-11-19(31(52,53)54)4-20(12-24)32(55,56)57;1-24(2)22-15-13-21(14-16-22)19-26(25,23-11-7-4-8-12-23)18-17-20-9-5-3-6-10-20/h1-12H;3-16H,19H2,1-2H3/q-1;+1. The number of nitrogens with zero attached hydrogens (tertiary/aromatic N) is 1. The zero-order valence-corrected chi connectivity index (χ0v) is 42.4. The van der Waals surface area contributed by atoms with Crippen LogP contribution in [0.4, 0.5) is 111 Å². The van der Waals surface area contributed by atoms with E-state index in [1.54, 1.807) is 0 Å². The second-order valence-electron chi connectivity index (χ2n) is 18.5. The molecule has 0 N–H and O–H groups in total. The predicted molar refractivity (Wildman–Crippen MR) is 261 cm³/mol. The van der Waals surface area contributed by atoms with Gasteiger partial charge < -0.3 is 4.90 Å². The van der Waals surface area contributed by atoms with Crippen molar-refractivity contribution in [3.05, 3.63) is 213 Å². The van der Waals surface area contributed by atoms with Gasteiger partial charge in [-0.2, -0.15) is 127 Å². The molecule has 0 fully saturated rings. The maximum atomic E-state index is 14.2. The minimum Gasteiger partial charge on any atom is -0.378 e. The Morgan fingerprint density at radius 1 is 0.361 bits per heavy atom. The Bertz CT molecular complexity index is 3110. The van der Waals surface area contributed by atoms with E-state index in [0.717, 1.165) is 21.7 Å². The van der Waals surface area contributed by atoms with Gasteiger partial charge in [-0.25, -0.2) is 0 Å².